The van der Waals surface area contributed by atoms with Gasteiger partial charge in [-0.15, -0.1) is 0 Å². The summed E-state index contributed by atoms with van der Waals surface area (Å²) in [6.45, 7) is 0.963. The summed E-state index contributed by atoms with van der Waals surface area (Å²) < 4.78 is 0. The molecule has 2 aliphatic rings. The first-order chi connectivity index (χ1) is 8.84. The third-order valence-corrected chi connectivity index (χ3v) is 4.29. The maximum absolute atomic E-state index is 4.29. The van der Waals surface area contributed by atoms with E-state index in [2.05, 4.69) is 28.3 Å². The molecule has 0 aliphatic heterocycles. The number of anilines is 1. The summed E-state index contributed by atoms with van der Waals surface area (Å²) >= 11 is 0. The first-order valence-corrected chi connectivity index (χ1v) is 7.23. The van der Waals surface area contributed by atoms with Crippen LogP contribution in [-0.4, -0.2) is 24.1 Å². The molecule has 3 nitrogen and oxygen atoms in total. The second-order valence-corrected chi connectivity index (χ2v) is 5.71. The second-order valence-electron chi connectivity index (χ2n) is 5.71. The minimum atomic E-state index is 0.729. The van der Waals surface area contributed by atoms with Crippen molar-refractivity contribution in [1.29, 1.82) is 0 Å². The SMILES string of the molecule is CN(c1ccncc1CNC1CC1)C1CCCC1. The number of hydrogen-bond acceptors (Lipinski definition) is 3. The number of nitrogens with one attached hydrogen (secondary N) is 1. The van der Waals surface area contributed by atoms with Crippen molar-refractivity contribution in [3.05, 3.63) is 24.0 Å². The third kappa shape index (κ3) is 2.66. The fourth-order valence-electron chi connectivity index (χ4n) is 2.93. The van der Waals surface area contributed by atoms with Crippen molar-refractivity contribution >= 4 is 5.69 Å². The van der Waals surface area contributed by atoms with Crippen molar-refractivity contribution in [3.8, 4) is 0 Å². The predicted octanol–water partition coefficient (Wildman–Crippen LogP) is 2.71. The van der Waals surface area contributed by atoms with Crippen molar-refractivity contribution in [1.82, 2.24) is 10.3 Å². The molecule has 0 aromatic carbocycles. The Hall–Kier alpha value is -1.09. The molecule has 0 radical (unpaired) electrons. The first kappa shape index (κ1) is 12.0. The monoisotopic (exact) mass is 245 g/mol. The zero-order valence-corrected chi connectivity index (χ0v) is 11.2. The summed E-state index contributed by atoms with van der Waals surface area (Å²) in [5, 5.41) is 3.59. The summed E-state index contributed by atoms with van der Waals surface area (Å²) in [5.41, 5.74) is 2.71. The lowest BCUT2D eigenvalue weighted by atomic mass is 10.1. The van der Waals surface area contributed by atoms with Gasteiger partial charge in [0.05, 0.1) is 0 Å². The van der Waals surface area contributed by atoms with Crippen LogP contribution in [0.4, 0.5) is 5.69 Å². The minimum absolute atomic E-state index is 0.729. The number of rotatable bonds is 5. The van der Waals surface area contributed by atoms with Crippen LogP contribution in [-0.2, 0) is 6.54 Å². The van der Waals surface area contributed by atoms with E-state index in [0.717, 1.165) is 18.6 Å². The van der Waals surface area contributed by atoms with E-state index in [4.69, 9.17) is 0 Å². The molecule has 2 aliphatic carbocycles. The maximum Gasteiger partial charge on any atom is 0.0442 e. The molecule has 0 unspecified atom stereocenters. The van der Waals surface area contributed by atoms with Gasteiger partial charge in [0, 0.05) is 49.3 Å². The highest BCUT2D eigenvalue weighted by Crippen LogP contribution is 2.29. The Morgan fingerprint density at radius 3 is 2.78 bits per heavy atom. The highest BCUT2D eigenvalue weighted by Gasteiger charge is 2.23. The highest BCUT2D eigenvalue weighted by molar-refractivity contribution is 5.52. The van der Waals surface area contributed by atoms with Crippen LogP contribution in [0, 0.1) is 0 Å². The lowest BCUT2D eigenvalue weighted by Gasteiger charge is -2.28. The summed E-state index contributed by atoms with van der Waals surface area (Å²) in [6, 6.07) is 3.66. The average Bonchev–Trinajstić information content (AvgIpc) is 3.08. The number of hydrogen-bond donors (Lipinski definition) is 1. The molecule has 98 valence electrons. The van der Waals surface area contributed by atoms with Crippen molar-refractivity contribution in [2.45, 2.75) is 57.2 Å². The number of aromatic nitrogens is 1. The summed E-state index contributed by atoms with van der Waals surface area (Å²) in [6.07, 6.45) is 12.1. The van der Waals surface area contributed by atoms with E-state index in [0.29, 0.717) is 0 Å². The zero-order valence-electron chi connectivity index (χ0n) is 11.2. The van der Waals surface area contributed by atoms with Crippen molar-refractivity contribution in [2.75, 3.05) is 11.9 Å². The Labute approximate surface area is 110 Å². The lowest BCUT2D eigenvalue weighted by Crippen LogP contribution is -2.30. The van der Waals surface area contributed by atoms with E-state index >= 15 is 0 Å². The fourth-order valence-corrected chi connectivity index (χ4v) is 2.93. The van der Waals surface area contributed by atoms with Gasteiger partial charge in [-0.3, -0.25) is 4.98 Å². The zero-order chi connectivity index (χ0) is 12.4. The highest BCUT2D eigenvalue weighted by atomic mass is 15.1. The van der Waals surface area contributed by atoms with Crippen molar-refractivity contribution in [3.63, 3.8) is 0 Å². The molecule has 3 rings (SSSR count). The van der Waals surface area contributed by atoms with Crippen molar-refractivity contribution in [2.24, 2.45) is 0 Å². The van der Waals surface area contributed by atoms with Crippen LogP contribution in [0.25, 0.3) is 0 Å². The smallest absolute Gasteiger partial charge is 0.0442 e. The van der Waals surface area contributed by atoms with Gasteiger partial charge in [0.1, 0.15) is 0 Å². The second kappa shape index (κ2) is 5.27. The molecule has 0 bridgehead atoms. The Bertz CT molecular complexity index is 394. The Morgan fingerprint density at radius 1 is 1.28 bits per heavy atom. The van der Waals surface area contributed by atoms with E-state index in [1.807, 2.05) is 12.4 Å². The van der Waals surface area contributed by atoms with Gasteiger partial charge < -0.3 is 10.2 Å². The van der Waals surface area contributed by atoms with E-state index in [1.165, 1.54) is 49.8 Å². The van der Waals surface area contributed by atoms with Gasteiger partial charge in [0.2, 0.25) is 0 Å². The van der Waals surface area contributed by atoms with E-state index in [1.54, 1.807) is 0 Å². The Morgan fingerprint density at radius 2 is 2.06 bits per heavy atom. The Balaban J connectivity index is 1.71. The van der Waals surface area contributed by atoms with Gasteiger partial charge in [-0.2, -0.15) is 0 Å². The molecule has 0 saturated heterocycles. The van der Waals surface area contributed by atoms with Gasteiger partial charge in [0.15, 0.2) is 0 Å². The molecule has 2 fully saturated rings. The van der Waals surface area contributed by atoms with Crippen LogP contribution in [0.2, 0.25) is 0 Å². The van der Waals surface area contributed by atoms with E-state index < -0.39 is 0 Å². The first-order valence-electron chi connectivity index (χ1n) is 7.23. The van der Waals surface area contributed by atoms with Crippen LogP contribution in [0.15, 0.2) is 18.5 Å². The molecule has 1 aromatic heterocycles. The van der Waals surface area contributed by atoms with Crippen LogP contribution >= 0.6 is 0 Å². The molecule has 18 heavy (non-hydrogen) atoms. The molecule has 3 heteroatoms. The summed E-state index contributed by atoms with van der Waals surface area (Å²) in [5.74, 6) is 0. The quantitative estimate of drug-likeness (QED) is 0.864. The van der Waals surface area contributed by atoms with Crippen LogP contribution in [0.1, 0.15) is 44.1 Å². The predicted molar refractivity (Wildman–Crippen MR) is 74.8 cm³/mol. The average molecular weight is 245 g/mol. The summed E-state index contributed by atoms with van der Waals surface area (Å²) in [4.78, 5) is 6.76. The van der Waals surface area contributed by atoms with Gasteiger partial charge in [-0.25, -0.2) is 0 Å². The molecule has 0 amide bonds. The van der Waals surface area contributed by atoms with Gasteiger partial charge >= 0.3 is 0 Å². The van der Waals surface area contributed by atoms with Crippen molar-refractivity contribution < 1.29 is 0 Å². The largest absolute Gasteiger partial charge is 0.371 e. The molecule has 1 N–H and O–H groups in total. The van der Waals surface area contributed by atoms with Crippen LogP contribution < -0.4 is 10.2 Å². The standard InChI is InChI=1S/C15H23N3/c1-18(14-4-2-3-5-14)15-8-9-16-10-12(15)11-17-13-6-7-13/h8-10,13-14,17H,2-7,11H2,1H3. The molecule has 0 spiro atoms. The van der Waals surface area contributed by atoms with E-state index in [9.17, 15) is 0 Å². The third-order valence-electron chi connectivity index (χ3n) is 4.29. The molecule has 1 aromatic rings. The number of pyridine rings is 1. The maximum atomic E-state index is 4.29. The van der Waals surface area contributed by atoms with Gasteiger partial charge in [-0.05, 0) is 31.7 Å². The van der Waals surface area contributed by atoms with Crippen LogP contribution in [0.3, 0.4) is 0 Å². The van der Waals surface area contributed by atoms with Crippen LogP contribution in [0.5, 0.6) is 0 Å². The Kier molecular flexibility index (Phi) is 3.50. The molecule has 1 heterocycles. The molecule has 2 saturated carbocycles. The topological polar surface area (TPSA) is 28.2 Å². The molecule has 0 atom stereocenters. The fraction of sp³-hybridized carbons (Fsp3) is 0.667. The minimum Gasteiger partial charge on any atom is -0.371 e. The number of nitrogens with zero attached hydrogens (tertiary/aromatic N) is 2. The normalized spacial score (nSPS) is 20.3. The van der Waals surface area contributed by atoms with Gasteiger partial charge in [0.25, 0.3) is 0 Å². The van der Waals surface area contributed by atoms with Gasteiger partial charge in [-0.1, -0.05) is 12.8 Å². The molecular formula is C15H23N3. The summed E-state index contributed by atoms with van der Waals surface area (Å²) in [7, 11) is 2.24. The lowest BCUT2D eigenvalue weighted by molar-refractivity contribution is 0.640. The van der Waals surface area contributed by atoms with E-state index in [-0.39, 0.29) is 0 Å². The molecular weight excluding hydrogens is 222 g/mol.